The van der Waals surface area contributed by atoms with E-state index in [0.29, 0.717) is 30.4 Å². The molecule has 2 aliphatic rings. The zero-order chi connectivity index (χ0) is 20.0. The molecule has 0 bridgehead atoms. The summed E-state index contributed by atoms with van der Waals surface area (Å²) in [7, 11) is 0. The molecule has 4 heterocycles. The highest BCUT2D eigenvalue weighted by Crippen LogP contribution is 2.33. The third-order valence-electron chi connectivity index (χ3n) is 5.82. The summed E-state index contributed by atoms with van der Waals surface area (Å²) in [6, 6.07) is 3.86. The molecule has 0 unspecified atom stereocenters. The van der Waals surface area contributed by atoms with Gasteiger partial charge in [-0.3, -0.25) is 9.36 Å². The van der Waals surface area contributed by atoms with E-state index in [9.17, 15) is 9.59 Å². The zero-order valence-corrected chi connectivity index (χ0v) is 16.8. The third kappa shape index (κ3) is 3.06. The number of nitrogens with one attached hydrogen (secondary N) is 1. The van der Waals surface area contributed by atoms with Crippen LogP contribution in [0.1, 0.15) is 42.0 Å². The van der Waals surface area contributed by atoms with Crippen LogP contribution in [0.4, 0.5) is 4.79 Å². The van der Waals surface area contributed by atoms with Crippen LogP contribution in [0.2, 0.25) is 0 Å². The number of rotatable bonds is 3. The number of likely N-dealkylation sites (tertiary alicyclic amines) is 2. The molecule has 2 aromatic rings. The van der Waals surface area contributed by atoms with Crippen molar-refractivity contribution in [2.24, 2.45) is 5.92 Å². The molecule has 2 fully saturated rings. The summed E-state index contributed by atoms with van der Waals surface area (Å²) < 4.78 is 6.88. The van der Waals surface area contributed by atoms with Crippen molar-refractivity contribution < 1.29 is 14.1 Å². The summed E-state index contributed by atoms with van der Waals surface area (Å²) in [6.45, 7) is 9.84. The second kappa shape index (κ2) is 7.00. The number of amides is 3. The number of aromatic nitrogens is 2. The van der Waals surface area contributed by atoms with Gasteiger partial charge in [0.15, 0.2) is 5.82 Å². The van der Waals surface area contributed by atoms with Gasteiger partial charge in [-0.15, -0.1) is 0 Å². The van der Waals surface area contributed by atoms with E-state index in [0.717, 1.165) is 24.4 Å². The molecule has 0 aliphatic carbocycles. The minimum atomic E-state index is -0.0268. The topological polar surface area (TPSA) is 83.6 Å². The Bertz CT molecular complexity index is 886. The molecule has 8 nitrogen and oxygen atoms in total. The van der Waals surface area contributed by atoms with Gasteiger partial charge in [0.25, 0.3) is 5.91 Å². The Morgan fingerprint density at radius 1 is 1.29 bits per heavy atom. The van der Waals surface area contributed by atoms with Gasteiger partial charge in [-0.1, -0.05) is 5.16 Å². The van der Waals surface area contributed by atoms with Crippen LogP contribution < -0.4 is 5.32 Å². The van der Waals surface area contributed by atoms with E-state index in [1.54, 1.807) is 6.07 Å². The Labute approximate surface area is 164 Å². The molecule has 2 atom stereocenters. The number of aryl methyl sites for hydroxylation is 1. The molecule has 4 rings (SSSR count). The molecule has 2 aliphatic heterocycles. The predicted octanol–water partition coefficient (Wildman–Crippen LogP) is 2.35. The van der Waals surface area contributed by atoms with E-state index < -0.39 is 0 Å². The van der Waals surface area contributed by atoms with Gasteiger partial charge in [-0.2, -0.15) is 0 Å². The lowest BCUT2D eigenvalue weighted by Crippen LogP contribution is -2.47. The van der Waals surface area contributed by atoms with Crippen LogP contribution in [0.5, 0.6) is 0 Å². The highest BCUT2D eigenvalue weighted by Gasteiger charge is 2.45. The van der Waals surface area contributed by atoms with Crippen molar-refractivity contribution in [3.05, 3.63) is 35.3 Å². The van der Waals surface area contributed by atoms with Gasteiger partial charge in [0, 0.05) is 49.0 Å². The lowest BCUT2D eigenvalue weighted by Gasteiger charge is -2.26. The first-order chi connectivity index (χ1) is 13.4. The van der Waals surface area contributed by atoms with Crippen molar-refractivity contribution in [3.63, 3.8) is 0 Å². The van der Waals surface area contributed by atoms with Crippen molar-refractivity contribution in [3.8, 4) is 5.82 Å². The number of carbonyl (C=O) groups excluding carboxylic acids is 2. The van der Waals surface area contributed by atoms with Crippen molar-refractivity contribution in [2.45, 2.75) is 46.2 Å². The van der Waals surface area contributed by atoms with Gasteiger partial charge in [0.1, 0.15) is 6.26 Å². The first kappa shape index (κ1) is 18.6. The van der Waals surface area contributed by atoms with Gasteiger partial charge in [-0.25, -0.2) is 4.79 Å². The lowest BCUT2D eigenvalue weighted by atomic mass is 10.1. The van der Waals surface area contributed by atoms with E-state index in [1.165, 1.54) is 6.26 Å². The SMILES string of the molecule is Cc1cc(C(=O)N2C[C@H]3CCN(C(=O)NC(C)C)[C@H]3C2)c(C)n1-c1ccon1. The summed E-state index contributed by atoms with van der Waals surface area (Å²) in [5.74, 6) is 1.03. The summed E-state index contributed by atoms with van der Waals surface area (Å²) in [5, 5.41) is 6.96. The van der Waals surface area contributed by atoms with E-state index in [2.05, 4.69) is 10.5 Å². The van der Waals surface area contributed by atoms with Gasteiger partial charge < -0.3 is 19.6 Å². The van der Waals surface area contributed by atoms with Crippen LogP contribution in [0.15, 0.2) is 22.9 Å². The molecule has 28 heavy (non-hydrogen) atoms. The van der Waals surface area contributed by atoms with E-state index in [1.807, 2.05) is 48.1 Å². The molecular formula is C20H27N5O3. The molecular weight excluding hydrogens is 358 g/mol. The highest BCUT2D eigenvalue weighted by atomic mass is 16.5. The van der Waals surface area contributed by atoms with E-state index >= 15 is 0 Å². The van der Waals surface area contributed by atoms with Gasteiger partial charge in [0.05, 0.1) is 11.6 Å². The predicted molar refractivity (Wildman–Crippen MR) is 103 cm³/mol. The maximum Gasteiger partial charge on any atom is 0.317 e. The maximum atomic E-state index is 13.2. The first-order valence-corrected chi connectivity index (χ1v) is 9.83. The fourth-order valence-corrected chi connectivity index (χ4v) is 4.53. The maximum absolute atomic E-state index is 13.2. The van der Waals surface area contributed by atoms with Crippen molar-refractivity contribution in [2.75, 3.05) is 19.6 Å². The molecule has 0 saturated carbocycles. The standard InChI is InChI=1S/C20H27N5O3/c1-12(2)21-20(27)24-7-5-15-10-23(11-17(15)24)19(26)16-9-13(3)25(14(16)4)18-6-8-28-22-18/h6,8-9,12,15,17H,5,7,10-11H2,1-4H3,(H,21,27)/t15-,17+/m1/s1. The molecule has 0 aromatic carbocycles. The molecule has 150 valence electrons. The quantitative estimate of drug-likeness (QED) is 0.879. The molecule has 2 saturated heterocycles. The fraction of sp³-hybridized carbons (Fsp3) is 0.550. The molecule has 1 N–H and O–H groups in total. The average molecular weight is 385 g/mol. The normalized spacial score (nSPS) is 21.5. The summed E-state index contributed by atoms with van der Waals surface area (Å²) in [5.41, 5.74) is 2.47. The fourth-order valence-electron chi connectivity index (χ4n) is 4.53. The lowest BCUT2D eigenvalue weighted by molar-refractivity contribution is 0.0773. The minimum absolute atomic E-state index is 0.0152. The van der Waals surface area contributed by atoms with Crippen molar-refractivity contribution in [1.82, 2.24) is 24.8 Å². The Balaban J connectivity index is 1.52. The smallest absolute Gasteiger partial charge is 0.317 e. The molecule has 3 amide bonds. The van der Waals surface area contributed by atoms with E-state index in [-0.39, 0.29) is 24.0 Å². The first-order valence-electron chi connectivity index (χ1n) is 9.83. The van der Waals surface area contributed by atoms with Gasteiger partial charge >= 0.3 is 6.03 Å². The van der Waals surface area contributed by atoms with Crippen LogP contribution in [0.25, 0.3) is 5.82 Å². The number of fused-ring (bicyclic) bond motifs is 1. The average Bonchev–Trinajstić information content (AvgIpc) is 3.37. The number of carbonyl (C=O) groups is 2. The van der Waals surface area contributed by atoms with Gasteiger partial charge in [0.2, 0.25) is 0 Å². The van der Waals surface area contributed by atoms with Crippen LogP contribution in [-0.4, -0.2) is 63.2 Å². The Kier molecular flexibility index (Phi) is 4.64. The van der Waals surface area contributed by atoms with E-state index in [4.69, 9.17) is 4.52 Å². The molecule has 0 spiro atoms. The number of urea groups is 1. The summed E-state index contributed by atoms with van der Waals surface area (Å²) in [6.07, 6.45) is 2.46. The monoisotopic (exact) mass is 385 g/mol. The third-order valence-corrected chi connectivity index (χ3v) is 5.82. The van der Waals surface area contributed by atoms with Gasteiger partial charge in [-0.05, 0) is 40.2 Å². The van der Waals surface area contributed by atoms with Crippen LogP contribution in [-0.2, 0) is 0 Å². The second-order valence-electron chi connectivity index (χ2n) is 8.10. The molecule has 8 heteroatoms. The Morgan fingerprint density at radius 2 is 2.07 bits per heavy atom. The van der Waals surface area contributed by atoms with Crippen LogP contribution in [0, 0.1) is 19.8 Å². The van der Waals surface area contributed by atoms with Crippen molar-refractivity contribution >= 4 is 11.9 Å². The molecule has 2 aromatic heterocycles. The summed E-state index contributed by atoms with van der Waals surface area (Å²) in [4.78, 5) is 29.5. The Hall–Kier alpha value is -2.77. The largest absolute Gasteiger partial charge is 0.363 e. The van der Waals surface area contributed by atoms with Crippen LogP contribution in [0.3, 0.4) is 0 Å². The minimum Gasteiger partial charge on any atom is -0.363 e. The number of hydrogen-bond acceptors (Lipinski definition) is 4. The number of hydrogen-bond donors (Lipinski definition) is 1. The molecule has 0 radical (unpaired) electrons. The Morgan fingerprint density at radius 3 is 2.75 bits per heavy atom. The van der Waals surface area contributed by atoms with Crippen molar-refractivity contribution in [1.29, 1.82) is 0 Å². The second-order valence-corrected chi connectivity index (χ2v) is 8.10. The summed E-state index contributed by atoms with van der Waals surface area (Å²) >= 11 is 0. The highest BCUT2D eigenvalue weighted by molar-refractivity contribution is 5.96. The number of nitrogens with zero attached hydrogens (tertiary/aromatic N) is 4. The zero-order valence-electron chi connectivity index (χ0n) is 16.8. The van der Waals surface area contributed by atoms with Crippen LogP contribution >= 0.6 is 0 Å².